The van der Waals surface area contributed by atoms with Crippen LogP contribution in [0.2, 0.25) is 0 Å². The number of thiophene rings is 1. The molecule has 0 spiro atoms. The van der Waals surface area contributed by atoms with E-state index in [0.29, 0.717) is 16.3 Å². The molecule has 19 heavy (non-hydrogen) atoms. The fourth-order valence-electron chi connectivity index (χ4n) is 1.65. The minimum atomic E-state index is -3.50. The second kappa shape index (κ2) is 6.00. The van der Waals surface area contributed by atoms with Crippen molar-refractivity contribution in [1.29, 1.82) is 0 Å². The molecule has 0 aliphatic carbocycles. The number of halogens is 1. The second-order valence-corrected chi connectivity index (χ2v) is 7.24. The number of sulfonamides is 1. The maximum absolute atomic E-state index is 12.4. The molecule has 0 saturated heterocycles. The first kappa shape index (κ1) is 14.5. The lowest BCUT2D eigenvalue weighted by Gasteiger charge is -2.17. The number of nitrogens with zero attached hydrogens (tertiary/aromatic N) is 2. The van der Waals surface area contributed by atoms with Gasteiger partial charge in [0.05, 0.1) is 10.8 Å². The normalized spacial score (nSPS) is 11.9. The standard InChI is InChI=1S/C12H13ClN2O2S2/c1-15(9-10-2-5-14-6-3-10)19(16,17)12-4-7-18-11(12)8-13/h2-7H,8-9H2,1H3. The summed E-state index contributed by atoms with van der Waals surface area (Å²) in [6.45, 7) is 0.308. The van der Waals surface area contributed by atoms with Crippen LogP contribution in [-0.2, 0) is 22.4 Å². The van der Waals surface area contributed by atoms with Gasteiger partial charge >= 0.3 is 0 Å². The number of pyridine rings is 1. The van der Waals surface area contributed by atoms with Gasteiger partial charge in [0.15, 0.2) is 0 Å². The number of rotatable bonds is 5. The van der Waals surface area contributed by atoms with Crippen molar-refractivity contribution in [3.8, 4) is 0 Å². The van der Waals surface area contributed by atoms with Crippen molar-refractivity contribution in [3.63, 3.8) is 0 Å². The first-order valence-corrected chi connectivity index (χ1v) is 8.38. The van der Waals surface area contributed by atoms with Crippen LogP contribution in [0.4, 0.5) is 0 Å². The molecule has 2 rings (SSSR count). The molecule has 2 heterocycles. The summed E-state index contributed by atoms with van der Waals surface area (Å²) in [4.78, 5) is 4.87. The molecule has 0 fully saturated rings. The van der Waals surface area contributed by atoms with Crippen LogP contribution in [0.25, 0.3) is 0 Å². The maximum atomic E-state index is 12.4. The highest BCUT2D eigenvalue weighted by atomic mass is 35.5. The number of hydrogen-bond donors (Lipinski definition) is 0. The van der Waals surface area contributed by atoms with Crippen molar-refractivity contribution >= 4 is 33.0 Å². The maximum Gasteiger partial charge on any atom is 0.244 e. The number of aromatic nitrogens is 1. The average Bonchev–Trinajstić information content (AvgIpc) is 2.88. The Morgan fingerprint density at radius 2 is 2.00 bits per heavy atom. The van der Waals surface area contributed by atoms with E-state index in [1.54, 1.807) is 43.0 Å². The Labute approximate surface area is 121 Å². The molecule has 2 aromatic heterocycles. The van der Waals surface area contributed by atoms with Gasteiger partial charge in [-0.15, -0.1) is 22.9 Å². The first-order valence-electron chi connectivity index (χ1n) is 5.53. The van der Waals surface area contributed by atoms with Crippen LogP contribution in [0.15, 0.2) is 40.9 Å². The summed E-state index contributed by atoms with van der Waals surface area (Å²) in [6, 6.07) is 5.19. The predicted octanol–water partition coefficient (Wildman–Crippen LogP) is 2.70. The fourth-order valence-corrected chi connectivity index (χ4v) is 4.48. The van der Waals surface area contributed by atoms with Gasteiger partial charge in [-0.1, -0.05) is 0 Å². The minimum Gasteiger partial charge on any atom is -0.265 e. The Balaban J connectivity index is 2.25. The van der Waals surface area contributed by atoms with Crippen LogP contribution in [0.3, 0.4) is 0 Å². The smallest absolute Gasteiger partial charge is 0.244 e. The summed E-state index contributed by atoms with van der Waals surface area (Å²) < 4.78 is 26.2. The van der Waals surface area contributed by atoms with E-state index in [4.69, 9.17) is 11.6 Å². The van der Waals surface area contributed by atoms with Gasteiger partial charge in [-0.05, 0) is 29.1 Å². The Morgan fingerprint density at radius 1 is 1.32 bits per heavy atom. The third kappa shape index (κ3) is 3.14. The van der Waals surface area contributed by atoms with Crippen LogP contribution < -0.4 is 0 Å². The predicted molar refractivity (Wildman–Crippen MR) is 76.8 cm³/mol. The van der Waals surface area contributed by atoms with Gasteiger partial charge in [0.1, 0.15) is 0 Å². The fraction of sp³-hybridized carbons (Fsp3) is 0.250. The Morgan fingerprint density at radius 3 is 2.63 bits per heavy atom. The van der Waals surface area contributed by atoms with Crippen molar-refractivity contribution in [3.05, 3.63) is 46.4 Å². The van der Waals surface area contributed by atoms with Gasteiger partial charge in [-0.25, -0.2) is 8.42 Å². The second-order valence-electron chi connectivity index (χ2n) is 3.96. The molecule has 0 radical (unpaired) electrons. The Bertz CT molecular complexity index is 641. The highest BCUT2D eigenvalue weighted by Crippen LogP contribution is 2.26. The lowest BCUT2D eigenvalue weighted by molar-refractivity contribution is 0.466. The molecule has 2 aromatic rings. The molecule has 0 amide bonds. The van der Waals surface area contributed by atoms with Crippen LogP contribution >= 0.6 is 22.9 Å². The zero-order valence-electron chi connectivity index (χ0n) is 10.3. The van der Waals surface area contributed by atoms with Gasteiger partial charge in [0, 0.05) is 30.9 Å². The number of hydrogen-bond acceptors (Lipinski definition) is 4. The molecule has 7 heteroatoms. The van der Waals surface area contributed by atoms with Crippen molar-refractivity contribution in [2.75, 3.05) is 7.05 Å². The van der Waals surface area contributed by atoms with E-state index in [9.17, 15) is 8.42 Å². The molecule has 0 saturated carbocycles. The summed E-state index contributed by atoms with van der Waals surface area (Å²) in [7, 11) is -1.94. The molecule has 4 nitrogen and oxygen atoms in total. The third-order valence-corrected chi connectivity index (χ3v) is 6.03. The van der Waals surface area contributed by atoms with E-state index in [0.717, 1.165) is 5.56 Å². The number of alkyl halides is 1. The van der Waals surface area contributed by atoms with Crippen LogP contribution in [-0.4, -0.2) is 24.8 Å². The third-order valence-electron chi connectivity index (χ3n) is 2.67. The Kier molecular flexibility index (Phi) is 4.57. The molecule has 102 valence electrons. The van der Waals surface area contributed by atoms with E-state index >= 15 is 0 Å². The zero-order valence-corrected chi connectivity index (χ0v) is 12.7. The van der Waals surface area contributed by atoms with Gasteiger partial charge in [-0.3, -0.25) is 4.98 Å². The average molecular weight is 317 g/mol. The molecule has 0 bridgehead atoms. The molecule has 0 N–H and O–H groups in total. The van der Waals surface area contributed by atoms with Crippen LogP contribution in [0, 0.1) is 0 Å². The lowest BCUT2D eigenvalue weighted by Crippen LogP contribution is -2.26. The van der Waals surface area contributed by atoms with E-state index in [1.807, 2.05) is 0 Å². The molecule has 0 atom stereocenters. The van der Waals surface area contributed by atoms with Crippen molar-refractivity contribution in [2.24, 2.45) is 0 Å². The summed E-state index contributed by atoms with van der Waals surface area (Å²) in [6.07, 6.45) is 3.29. The molecule has 0 aliphatic rings. The molecular weight excluding hydrogens is 304 g/mol. The highest BCUT2D eigenvalue weighted by Gasteiger charge is 2.24. The lowest BCUT2D eigenvalue weighted by atomic mass is 10.3. The quantitative estimate of drug-likeness (QED) is 0.797. The van der Waals surface area contributed by atoms with E-state index in [1.165, 1.54) is 15.6 Å². The molecule has 0 aromatic carbocycles. The SMILES string of the molecule is CN(Cc1ccncc1)S(=O)(=O)c1ccsc1CCl. The molecular formula is C12H13ClN2O2S2. The van der Waals surface area contributed by atoms with Gasteiger partial charge in [0.25, 0.3) is 0 Å². The Hall–Kier alpha value is -0.950. The molecule has 0 aliphatic heterocycles. The first-order chi connectivity index (χ1) is 9.05. The zero-order chi connectivity index (χ0) is 13.9. The largest absolute Gasteiger partial charge is 0.265 e. The van der Waals surface area contributed by atoms with Gasteiger partial charge in [-0.2, -0.15) is 4.31 Å². The summed E-state index contributed by atoms with van der Waals surface area (Å²) >= 11 is 7.12. The summed E-state index contributed by atoms with van der Waals surface area (Å²) in [5.41, 5.74) is 0.892. The van der Waals surface area contributed by atoms with E-state index < -0.39 is 10.0 Å². The van der Waals surface area contributed by atoms with E-state index in [-0.39, 0.29) is 5.88 Å². The van der Waals surface area contributed by atoms with E-state index in [2.05, 4.69) is 4.98 Å². The molecule has 0 unspecified atom stereocenters. The topological polar surface area (TPSA) is 50.3 Å². The van der Waals surface area contributed by atoms with Crippen molar-refractivity contribution < 1.29 is 8.42 Å². The minimum absolute atomic E-state index is 0.204. The summed E-state index contributed by atoms with van der Waals surface area (Å²) in [5, 5.41) is 1.74. The van der Waals surface area contributed by atoms with Crippen LogP contribution in [0.5, 0.6) is 0 Å². The van der Waals surface area contributed by atoms with Gasteiger partial charge in [0.2, 0.25) is 10.0 Å². The van der Waals surface area contributed by atoms with Crippen molar-refractivity contribution in [1.82, 2.24) is 9.29 Å². The van der Waals surface area contributed by atoms with Crippen molar-refractivity contribution in [2.45, 2.75) is 17.3 Å². The summed E-state index contributed by atoms with van der Waals surface area (Å²) in [5.74, 6) is 0.204. The van der Waals surface area contributed by atoms with Gasteiger partial charge < -0.3 is 0 Å². The monoisotopic (exact) mass is 316 g/mol. The highest BCUT2D eigenvalue weighted by molar-refractivity contribution is 7.89. The van der Waals surface area contributed by atoms with Crippen LogP contribution in [0.1, 0.15) is 10.4 Å².